The van der Waals surface area contributed by atoms with E-state index in [-0.39, 0.29) is 12.5 Å². The molecule has 8 heteroatoms. The van der Waals surface area contributed by atoms with Crippen molar-refractivity contribution in [2.24, 2.45) is 17.8 Å². The third-order valence-electron chi connectivity index (χ3n) is 4.30. The topological polar surface area (TPSA) is 29.5 Å². The molecule has 0 radical (unpaired) electrons. The second-order valence-electron chi connectivity index (χ2n) is 5.74. The van der Waals surface area contributed by atoms with Crippen LogP contribution in [0.2, 0.25) is 0 Å². The minimum atomic E-state index is -5.82. The van der Waals surface area contributed by atoms with Gasteiger partial charge in [-0.2, -0.15) is 26.3 Å². The van der Waals surface area contributed by atoms with Crippen LogP contribution in [0, 0.1) is 17.8 Å². The Morgan fingerprint density at radius 1 is 1.00 bits per heavy atom. The van der Waals surface area contributed by atoms with E-state index in [1.54, 1.807) is 0 Å². The highest BCUT2D eigenvalue weighted by molar-refractivity contribution is 5.09. The Hall–Kier alpha value is -0.760. The van der Waals surface area contributed by atoms with Gasteiger partial charge in [0.2, 0.25) is 0 Å². The molecule has 1 fully saturated rings. The zero-order valence-electron chi connectivity index (χ0n) is 11.0. The predicted molar refractivity (Wildman–Crippen MR) is 61.3 cm³/mol. The van der Waals surface area contributed by atoms with Crippen molar-refractivity contribution in [1.29, 1.82) is 0 Å². The van der Waals surface area contributed by atoms with Crippen molar-refractivity contribution in [1.82, 2.24) is 0 Å². The summed E-state index contributed by atoms with van der Waals surface area (Å²) in [6, 6.07) is 0. The van der Waals surface area contributed by atoms with Crippen LogP contribution in [0.5, 0.6) is 0 Å². The highest BCUT2D eigenvalue weighted by Crippen LogP contribution is 2.45. The van der Waals surface area contributed by atoms with E-state index in [1.807, 2.05) is 6.08 Å². The second-order valence-corrected chi connectivity index (χ2v) is 5.74. The fourth-order valence-electron chi connectivity index (χ4n) is 3.01. The Morgan fingerprint density at radius 2 is 1.62 bits per heavy atom. The van der Waals surface area contributed by atoms with E-state index in [2.05, 4.69) is 10.8 Å². The summed E-state index contributed by atoms with van der Waals surface area (Å²) in [5, 5.41) is 8.90. The van der Waals surface area contributed by atoms with Crippen LogP contribution in [0.25, 0.3) is 0 Å². The summed E-state index contributed by atoms with van der Waals surface area (Å²) in [6.45, 7) is -2.05. The molecule has 21 heavy (non-hydrogen) atoms. The SMILES string of the molecule is OC(COCCC1CC2C=CC1C2)(C(F)(F)F)C(F)(F)F. The Morgan fingerprint density at radius 3 is 2.05 bits per heavy atom. The third kappa shape index (κ3) is 3.21. The smallest absolute Gasteiger partial charge is 0.378 e. The fourth-order valence-corrected chi connectivity index (χ4v) is 3.01. The fraction of sp³-hybridized carbons (Fsp3) is 0.846. The lowest BCUT2D eigenvalue weighted by molar-refractivity contribution is -0.378. The number of aliphatic hydroxyl groups is 1. The maximum atomic E-state index is 12.4. The quantitative estimate of drug-likeness (QED) is 0.478. The molecule has 1 saturated carbocycles. The molecule has 0 saturated heterocycles. The van der Waals surface area contributed by atoms with E-state index >= 15 is 0 Å². The van der Waals surface area contributed by atoms with E-state index < -0.39 is 24.6 Å². The summed E-state index contributed by atoms with van der Waals surface area (Å²) >= 11 is 0. The lowest BCUT2D eigenvalue weighted by atomic mass is 9.91. The van der Waals surface area contributed by atoms with Gasteiger partial charge in [-0.3, -0.25) is 0 Å². The number of hydrogen-bond acceptors (Lipinski definition) is 2. The summed E-state index contributed by atoms with van der Waals surface area (Å²) in [5.74, 6) is 1.06. The highest BCUT2D eigenvalue weighted by Gasteiger charge is 2.70. The first-order valence-corrected chi connectivity index (χ1v) is 6.66. The van der Waals surface area contributed by atoms with Gasteiger partial charge in [0, 0.05) is 6.61 Å². The number of alkyl halides is 6. The molecule has 2 aliphatic rings. The zero-order valence-corrected chi connectivity index (χ0v) is 11.0. The number of ether oxygens (including phenoxy) is 1. The van der Waals surface area contributed by atoms with E-state index in [9.17, 15) is 26.3 Å². The van der Waals surface area contributed by atoms with E-state index in [0.717, 1.165) is 12.8 Å². The van der Waals surface area contributed by atoms with Gasteiger partial charge in [0.05, 0.1) is 6.61 Å². The zero-order chi connectivity index (χ0) is 15.9. The summed E-state index contributed by atoms with van der Waals surface area (Å²) in [7, 11) is 0. The first-order valence-electron chi connectivity index (χ1n) is 6.66. The summed E-state index contributed by atoms with van der Waals surface area (Å²) in [5.41, 5.74) is -4.81. The van der Waals surface area contributed by atoms with Crippen LogP contribution in [0.4, 0.5) is 26.3 Å². The molecule has 3 atom stereocenters. The molecule has 0 spiro atoms. The van der Waals surface area contributed by atoms with Crippen molar-refractivity contribution in [2.45, 2.75) is 37.2 Å². The molecular formula is C13H16F6O2. The lowest BCUT2D eigenvalue weighted by Crippen LogP contribution is -2.60. The molecule has 1 N–H and O–H groups in total. The maximum Gasteiger partial charge on any atom is 0.428 e. The van der Waals surface area contributed by atoms with E-state index in [4.69, 9.17) is 5.11 Å². The Bertz CT molecular complexity index is 386. The molecule has 2 bridgehead atoms. The highest BCUT2D eigenvalue weighted by atomic mass is 19.4. The number of allylic oxidation sites excluding steroid dienone is 2. The maximum absolute atomic E-state index is 12.4. The van der Waals surface area contributed by atoms with Gasteiger partial charge in [0.1, 0.15) is 0 Å². The number of rotatable bonds is 5. The van der Waals surface area contributed by atoms with Gasteiger partial charge in [-0.1, -0.05) is 12.2 Å². The average molecular weight is 318 g/mol. The van der Waals surface area contributed by atoms with Crippen LogP contribution >= 0.6 is 0 Å². The van der Waals surface area contributed by atoms with Gasteiger partial charge in [-0.15, -0.1) is 0 Å². The third-order valence-corrected chi connectivity index (χ3v) is 4.30. The second kappa shape index (κ2) is 5.46. The van der Waals surface area contributed by atoms with Crippen molar-refractivity contribution in [3.05, 3.63) is 12.2 Å². The average Bonchev–Trinajstić information content (AvgIpc) is 2.93. The molecule has 2 aliphatic carbocycles. The summed E-state index contributed by atoms with van der Waals surface area (Å²) in [6.07, 6.45) is -5.21. The largest absolute Gasteiger partial charge is 0.428 e. The van der Waals surface area contributed by atoms with Gasteiger partial charge in [-0.25, -0.2) is 0 Å². The van der Waals surface area contributed by atoms with Crippen LogP contribution < -0.4 is 0 Å². The molecule has 2 nitrogen and oxygen atoms in total. The van der Waals surface area contributed by atoms with E-state index in [0.29, 0.717) is 18.3 Å². The molecule has 0 aliphatic heterocycles. The van der Waals surface area contributed by atoms with Gasteiger partial charge in [0.15, 0.2) is 0 Å². The number of fused-ring (bicyclic) bond motifs is 2. The Balaban J connectivity index is 1.82. The van der Waals surface area contributed by atoms with Crippen molar-refractivity contribution in [3.8, 4) is 0 Å². The predicted octanol–water partition coefficient (Wildman–Crippen LogP) is 3.46. The van der Waals surface area contributed by atoms with Crippen LogP contribution in [0.15, 0.2) is 12.2 Å². The van der Waals surface area contributed by atoms with Gasteiger partial charge >= 0.3 is 12.4 Å². The molecule has 122 valence electrons. The molecule has 0 aromatic heterocycles. The molecular weight excluding hydrogens is 302 g/mol. The molecule has 0 aromatic rings. The van der Waals surface area contributed by atoms with E-state index in [1.165, 1.54) is 0 Å². The monoisotopic (exact) mass is 318 g/mol. The van der Waals surface area contributed by atoms with Gasteiger partial charge in [-0.05, 0) is 37.0 Å². The molecule has 2 rings (SSSR count). The molecule has 0 amide bonds. The van der Waals surface area contributed by atoms with Crippen LogP contribution in [0.3, 0.4) is 0 Å². The summed E-state index contributed by atoms with van der Waals surface area (Å²) in [4.78, 5) is 0. The molecule has 0 heterocycles. The Labute approximate surface area is 117 Å². The first-order chi connectivity index (χ1) is 9.54. The normalized spacial score (nSPS) is 29.4. The lowest BCUT2D eigenvalue weighted by Gasteiger charge is -2.32. The minimum Gasteiger partial charge on any atom is -0.378 e. The van der Waals surface area contributed by atoms with Crippen molar-refractivity contribution in [2.75, 3.05) is 13.2 Å². The standard InChI is InChI=1S/C13H16F6O2/c14-12(15,16)11(20,13(17,18)19)7-21-4-3-10-6-8-1-2-9(10)5-8/h1-2,8-10,20H,3-7H2. The molecule has 0 aromatic carbocycles. The number of halogens is 6. The van der Waals surface area contributed by atoms with Gasteiger partial charge in [0.25, 0.3) is 5.60 Å². The van der Waals surface area contributed by atoms with Crippen LogP contribution in [-0.2, 0) is 4.74 Å². The molecule has 3 unspecified atom stereocenters. The minimum absolute atomic E-state index is 0.226. The first kappa shape index (κ1) is 16.6. The number of hydrogen-bond donors (Lipinski definition) is 1. The van der Waals surface area contributed by atoms with Crippen molar-refractivity contribution >= 4 is 0 Å². The summed E-state index contributed by atoms with van der Waals surface area (Å²) < 4.78 is 78.9. The van der Waals surface area contributed by atoms with Gasteiger partial charge < -0.3 is 9.84 Å². The van der Waals surface area contributed by atoms with Crippen molar-refractivity contribution < 1.29 is 36.2 Å². The van der Waals surface area contributed by atoms with Crippen LogP contribution in [0.1, 0.15) is 19.3 Å². The van der Waals surface area contributed by atoms with Crippen LogP contribution in [-0.4, -0.2) is 36.3 Å². The van der Waals surface area contributed by atoms with Crippen molar-refractivity contribution in [3.63, 3.8) is 0 Å². The Kier molecular flexibility index (Phi) is 4.32.